The van der Waals surface area contributed by atoms with Crippen LogP contribution in [0.5, 0.6) is 11.5 Å². The third kappa shape index (κ3) is 7.43. The molecule has 0 aliphatic rings. The fraction of sp³-hybridized carbons (Fsp3) is 0.0172. The highest BCUT2D eigenvalue weighted by Crippen LogP contribution is 2.40. The Balaban J connectivity index is 0.902. The molecule has 0 fully saturated rings. The Morgan fingerprint density at radius 3 is 1.52 bits per heavy atom. The third-order valence-corrected chi connectivity index (χ3v) is 11.6. The number of benzene rings is 9. The lowest BCUT2D eigenvalue weighted by molar-refractivity contribution is 0.479. The van der Waals surface area contributed by atoms with Crippen LogP contribution in [-0.4, -0.2) is 15.0 Å². The SMILES string of the molecule is Cc1c(Oc2ccc(-c3cccc4oc5ccc(-c6cccc(-c7ccccc7)c6)cc5c34)cc2)cccc1-c1nc(-c2ccccc2)nc(-c2ccc(-c3ccccc3)cc2)n1. The molecule has 0 N–H and O–H groups in total. The zero-order valence-corrected chi connectivity index (χ0v) is 34.4. The fourth-order valence-corrected chi connectivity index (χ4v) is 8.34. The second-order valence-electron chi connectivity index (χ2n) is 15.6. The van der Waals surface area contributed by atoms with Gasteiger partial charge in [0.1, 0.15) is 22.7 Å². The molecular formula is C58H39N3O2. The zero-order valence-electron chi connectivity index (χ0n) is 34.4. The van der Waals surface area contributed by atoms with Gasteiger partial charge in [-0.15, -0.1) is 0 Å². The van der Waals surface area contributed by atoms with E-state index in [2.05, 4.69) is 146 Å². The topological polar surface area (TPSA) is 61.0 Å². The van der Waals surface area contributed by atoms with E-state index in [0.717, 1.165) is 89.1 Å². The second kappa shape index (κ2) is 16.2. The van der Waals surface area contributed by atoms with Crippen molar-refractivity contribution in [3.05, 3.63) is 224 Å². The van der Waals surface area contributed by atoms with Crippen LogP contribution in [0.4, 0.5) is 0 Å². The van der Waals surface area contributed by atoms with Gasteiger partial charge in [0.2, 0.25) is 0 Å². The molecule has 9 aromatic carbocycles. The van der Waals surface area contributed by atoms with Gasteiger partial charge in [0.05, 0.1) is 0 Å². The maximum Gasteiger partial charge on any atom is 0.164 e. The van der Waals surface area contributed by atoms with Crippen LogP contribution in [0.15, 0.2) is 223 Å². The molecular weight excluding hydrogens is 771 g/mol. The lowest BCUT2D eigenvalue weighted by Crippen LogP contribution is -2.01. The van der Waals surface area contributed by atoms with E-state index < -0.39 is 0 Å². The smallest absolute Gasteiger partial charge is 0.164 e. The van der Waals surface area contributed by atoms with Crippen molar-refractivity contribution in [2.45, 2.75) is 6.92 Å². The summed E-state index contributed by atoms with van der Waals surface area (Å²) < 4.78 is 13.0. The summed E-state index contributed by atoms with van der Waals surface area (Å²) in [5, 5.41) is 2.17. The van der Waals surface area contributed by atoms with Crippen molar-refractivity contribution in [2.75, 3.05) is 0 Å². The van der Waals surface area contributed by atoms with E-state index in [1.165, 1.54) is 11.1 Å². The van der Waals surface area contributed by atoms with Crippen LogP contribution in [0.3, 0.4) is 0 Å². The van der Waals surface area contributed by atoms with E-state index in [4.69, 9.17) is 24.1 Å². The Kier molecular flexibility index (Phi) is 9.68. The number of hydrogen-bond donors (Lipinski definition) is 0. The van der Waals surface area contributed by atoms with Crippen molar-refractivity contribution in [3.63, 3.8) is 0 Å². The van der Waals surface area contributed by atoms with Gasteiger partial charge in [0, 0.05) is 33.0 Å². The molecule has 11 aromatic rings. The first kappa shape index (κ1) is 37.6. The third-order valence-electron chi connectivity index (χ3n) is 11.6. The first-order valence-corrected chi connectivity index (χ1v) is 21.1. The molecule has 0 bridgehead atoms. The number of hydrogen-bond acceptors (Lipinski definition) is 5. The summed E-state index contributed by atoms with van der Waals surface area (Å²) >= 11 is 0. The summed E-state index contributed by atoms with van der Waals surface area (Å²) in [7, 11) is 0. The van der Waals surface area contributed by atoms with E-state index in [1.54, 1.807) is 0 Å². The highest BCUT2D eigenvalue weighted by Gasteiger charge is 2.18. The molecule has 0 aliphatic heterocycles. The Morgan fingerprint density at radius 1 is 0.349 bits per heavy atom. The number of nitrogens with zero attached hydrogens (tertiary/aromatic N) is 3. The van der Waals surface area contributed by atoms with Gasteiger partial charge in [-0.25, -0.2) is 15.0 Å². The van der Waals surface area contributed by atoms with Crippen LogP contribution in [-0.2, 0) is 0 Å². The average Bonchev–Trinajstić information content (AvgIpc) is 3.74. The van der Waals surface area contributed by atoms with E-state index in [9.17, 15) is 0 Å². The predicted octanol–water partition coefficient (Wildman–Crippen LogP) is 15.5. The predicted molar refractivity (Wildman–Crippen MR) is 256 cm³/mol. The van der Waals surface area contributed by atoms with Crippen LogP contribution in [0.1, 0.15) is 5.56 Å². The Hall–Kier alpha value is -8.41. The maximum atomic E-state index is 6.61. The molecule has 0 unspecified atom stereocenters. The zero-order chi connectivity index (χ0) is 42.1. The molecule has 0 amide bonds. The Bertz CT molecular complexity index is 3400. The van der Waals surface area contributed by atoms with E-state index in [0.29, 0.717) is 17.5 Å². The maximum absolute atomic E-state index is 6.61. The molecule has 2 aromatic heterocycles. The fourth-order valence-electron chi connectivity index (χ4n) is 8.34. The summed E-state index contributed by atoms with van der Waals surface area (Å²) in [6.07, 6.45) is 0. The molecule has 0 aliphatic carbocycles. The van der Waals surface area contributed by atoms with Gasteiger partial charge in [-0.05, 0) is 93.9 Å². The molecule has 0 atom stereocenters. The summed E-state index contributed by atoms with van der Waals surface area (Å²) in [6.45, 7) is 2.05. The molecule has 0 saturated carbocycles. The molecule has 11 rings (SSSR count). The van der Waals surface area contributed by atoms with Gasteiger partial charge in [-0.3, -0.25) is 0 Å². The lowest BCUT2D eigenvalue weighted by atomic mass is 9.96. The standard InChI is InChI=1S/C58H39N3O2/c1-38-49(58-60-56(43-18-9-4-10-19-43)59-57(61-58)44-28-26-41(27-29-44)39-14-5-2-6-15-39)22-12-24-52(38)62-48-33-30-42(31-34-48)50-23-13-25-54-55(50)51-37-47(32-35-53(51)63-54)46-21-11-20-45(36-46)40-16-7-3-8-17-40/h2-37H,1H3. The van der Waals surface area contributed by atoms with Crippen LogP contribution in [0, 0.1) is 6.92 Å². The highest BCUT2D eigenvalue weighted by atomic mass is 16.5. The molecule has 0 spiro atoms. The van der Waals surface area contributed by atoms with Gasteiger partial charge in [-0.1, -0.05) is 176 Å². The minimum Gasteiger partial charge on any atom is -0.457 e. The van der Waals surface area contributed by atoms with Crippen LogP contribution in [0.2, 0.25) is 0 Å². The van der Waals surface area contributed by atoms with Crippen molar-refractivity contribution < 1.29 is 9.15 Å². The van der Waals surface area contributed by atoms with Gasteiger partial charge in [-0.2, -0.15) is 0 Å². The first-order chi connectivity index (χ1) is 31.1. The molecule has 5 nitrogen and oxygen atoms in total. The quantitative estimate of drug-likeness (QED) is 0.145. The molecule has 63 heavy (non-hydrogen) atoms. The summed E-state index contributed by atoms with van der Waals surface area (Å²) in [5.41, 5.74) is 14.5. The van der Waals surface area contributed by atoms with Gasteiger partial charge < -0.3 is 9.15 Å². The minimum atomic E-state index is 0.580. The normalized spacial score (nSPS) is 11.3. The van der Waals surface area contributed by atoms with Crippen molar-refractivity contribution in [1.82, 2.24) is 15.0 Å². The van der Waals surface area contributed by atoms with Crippen LogP contribution < -0.4 is 4.74 Å². The van der Waals surface area contributed by atoms with Crippen molar-refractivity contribution >= 4 is 21.9 Å². The number of furan rings is 1. The minimum absolute atomic E-state index is 0.580. The van der Waals surface area contributed by atoms with Gasteiger partial charge in [0.25, 0.3) is 0 Å². The molecule has 2 heterocycles. The molecule has 5 heteroatoms. The summed E-state index contributed by atoms with van der Waals surface area (Å²) in [6, 6.07) is 75.0. The lowest BCUT2D eigenvalue weighted by Gasteiger charge is -2.14. The molecule has 298 valence electrons. The van der Waals surface area contributed by atoms with Crippen LogP contribution >= 0.6 is 0 Å². The average molecular weight is 810 g/mol. The largest absolute Gasteiger partial charge is 0.457 e. The number of ether oxygens (including phenoxy) is 1. The van der Waals surface area contributed by atoms with Crippen molar-refractivity contribution in [1.29, 1.82) is 0 Å². The summed E-state index contributed by atoms with van der Waals surface area (Å²) in [4.78, 5) is 15.0. The van der Waals surface area contributed by atoms with Crippen LogP contribution in [0.25, 0.3) is 101 Å². The Labute approximate surface area is 365 Å². The first-order valence-electron chi connectivity index (χ1n) is 21.1. The summed E-state index contributed by atoms with van der Waals surface area (Å²) in [5.74, 6) is 3.24. The number of aromatic nitrogens is 3. The highest BCUT2D eigenvalue weighted by molar-refractivity contribution is 6.13. The number of fused-ring (bicyclic) bond motifs is 3. The Morgan fingerprint density at radius 2 is 0.825 bits per heavy atom. The van der Waals surface area contributed by atoms with E-state index >= 15 is 0 Å². The van der Waals surface area contributed by atoms with Crippen molar-refractivity contribution in [2.24, 2.45) is 0 Å². The van der Waals surface area contributed by atoms with E-state index in [-0.39, 0.29) is 0 Å². The number of rotatable bonds is 9. The van der Waals surface area contributed by atoms with Crippen molar-refractivity contribution in [3.8, 4) is 90.2 Å². The molecule has 0 radical (unpaired) electrons. The molecule has 0 saturated heterocycles. The van der Waals surface area contributed by atoms with Gasteiger partial charge >= 0.3 is 0 Å². The van der Waals surface area contributed by atoms with E-state index in [1.807, 2.05) is 78.9 Å². The monoisotopic (exact) mass is 809 g/mol. The van der Waals surface area contributed by atoms with Gasteiger partial charge in [0.15, 0.2) is 17.5 Å². The second-order valence-corrected chi connectivity index (χ2v) is 15.6.